The van der Waals surface area contributed by atoms with Crippen molar-refractivity contribution in [3.05, 3.63) is 35.6 Å². The highest BCUT2D eigenvalue weighted by molar-refractivity contribution is 7.84. The zero-order valence-corrected chi connectivity index (χ0v) is 10.6. The summed E-state index contributed by atoms with van der Waals surface area (Å²) in [6.07, 6.45) is 0. The fourth-order valence-corrected chi connectivity index (χ4v) is 2.75. The molecule has 0 radical (unpaired) electrons. The van der Waals surface area contributed by atoms with Crippen LogP contribution in [-0.4, -0.2) is 23.0 Å². The van der Waals surface area contributed by atoms with E-state index in [1.807, 2.05) is 0 Å². The van der Waals surface area contributed by atoms with E-state index in [2.05, 4.69) is 4.74 Å². The SMILES string of the molecule is COC(=O)C(C)CS(=O)Cc1ccc(F)cc1. The van der Waals surface area contributed by atoms with Gasteiger partial charge in [-0.2, -0.15) is 0 Å². The van der Waals surface area contributed by atoms with Crippen LogP contribution in [0, 0.1) is 11.7 Å². The highest BCUT2D eigenvalue weighted by Gasteiger charge is 2.16. The van der Waals surface area contributed by atoms with E-state index in [4.69, 9.17) is 0 Å². The molecule has 0 aliphatic rings. The number of ether oxygens (including phenoxy) is 1. The average Bonchev–Trinajstić information content (AvgIpc) is 2.30. The van der Waals surface area contributed by atoms with Crippen LogP contribution in [0.1, 0.15) is 12.5 Å². The first-order valence-corrected chi connectivity index (χ1v) is 6.69. The largest absolute Gasteiger partial charge is 0.469 e. The van der Waals surface area contributed by atoms with Crippen LogP contribution in [0.3, 0.4) is 0 Å². The van der Waals surface area contributed by atoms with Gasteiger partial charge in [-0.05, 0) is 17.7 Å². The van der Waals surface area contributed by atoms with Gasteiger partial charge in [-0.25, -0.2) is 4.39 Å². The highest BCUT2D eigenvalue weighted by atomic mass is 32.2. The molecular weight excluding hydrogens is 243 g/mol. The van der Waals surface area contributed by atoms with Gasteiger partial charge in [0.2, 0.25) is 0 Å². The molecule has 1 aromatic carbocycles. The molecule has 0 heterocycles. The molecule has 17 heavy (non-hydrogen) atoms. The molecular formula is C12H15FO3S. The van der Waals surface area contributed by atoms with Crippen LogP contribution in [0.4, 0.5) is 4.39 Å². The fourth-order valence-electron chi connectivity index (χ4n) is 1.37. The zero-order chi connectivity index (χ0) is 12.8. The molecule has 0 spiro atoms. The van der Waals surface area contributed by atoms with Crippen molar-refractivity contribution in [1.29, 1.82) is 0 Å². The Morgan fingerprint density at radius 2 is 2.00 bits per heavy atom. The van der Waals surface area contributed by atoms with E-state index < -0.39 is 10.8 Å². The summed E-state index contributed by atoms with van der Waals surface area (Å²) in [6.45, 7) is 1.67. The van der Waals surface area contributed by atoms with Crippen LogP contribution in [-0.2, 0) is 26.1 Å². The van der Waals surface area contributed by atoms with Gasteiger partial charge < -0.3 is 4.74 Å². The Kier molecular flexibility index (Phi) is 5.28. The molecule has 0 amide bonds. The first kappa shape index (κ1) is 13.8. The second-order valence-corrected chi connectivity index (χ2v) is 5.30. The maximum absolute atomic E-state index is 12.6. The van der Waals surface area contributed by atoms with Crippen molar-refractivity contribution in [3.63, 3.8) is 0 Å². The Hall–Kier alpha value is -1.23. The third-order valence-corrected chi connectivity index (χ3v) is 3.81. The first-order valence-electron chi connectivity index (χ1n) is 5.20. The average molecular weight is 258 g/mol. The molecule has 94 valence electrons. The number of hydrogen-bond acceptors (Lipinski definition) is 3. The Morgan fingerprint density at radius 3 is 2.53 bits per heavy atom. The molecule has 0 aliphatic carbocycles. The highest BCUT2D eigenvalue weighted by Crippen LogP contribution is 2.08. The summed E-state index contributed by atoms with van der Waals surface area (Å²) in [5, 5.41) is 0. The van der Waals surface area contributed by atoms with Gasteiger partial charge >= 0.3 is 5.97 Å². The minimum atomic E-state index is -1.15. The summed E-state index contributed by atoms with van der Waals surface area (Å²) in [4.78, 5) is 11.1. The van der Waals surface area contributed by atoms with Gasteiger partial charge in [0.25, 0.3) is 0 Å². The van der Waals surface area contributed by atoms with E-state index in [0.29, 0.717) is 5.75 Å². The molecule has 5 heteroatoms. The van der Waals surface area contributed by atoms with Crippen LogP contribution in [0.5, 0.6) is 0 Å². The number of halogens is 1. The van der Waals surface area contributed by atoms with Crippen LogP contribution < -0.4 is 0 Å². The number of carbonyl (C=O) groups excluding carboxylic acids is 1. The predicted molar refractivity (Wildman–Crippen MR) is 64.3 cm³/mol. The summed E-state index contributed by atoms with van der Waals surface area (Å²) in [5.74, 6) is -0.493. The molecule has 0 aliphatic heterocycles. The van der Waals surface area contributed by atoms with Crippen LogP contribution in [0.15, 0.2) is 24.3 Å². The van der Waals surface area contributed by atoms with E-state index in [1.54, 1.807) is 19.1 Å². The maximum atomic E-state index is 12.6. The smallest absolute Gasteiger partial charge is 0.309 e. The van der Waals surface area contributed by atoms with Crippen molar-refractivity contribution in [2.75, 3.05) is 12.9 Å². The normalized spacial score (nSPS) is 14.1. The maximum Gasteiger partial charge on any atom is 0.309 e. The molecule has 0 saturated carbocycles. The third kappa shape index (κ3) is 4.65. The first-order chi connectivity index (χ1) is 8.02. The molecule has 1 aromatic rings. The lowest BCUT2D eigenvalue weighted by Crippen LogP contribution is -2.20. The predicted octanol–water partition coefficient (Wildman–Crippen LogP) is 1.88. The molecule has 0 bridgehead atoms. The van der Waals surface area contributed by atoms with E-state index in [1.165, 1.54) is 19.2 Å². The molecule has 1 rings (SSSR count). The van der Waals surface area contributed by atoms with Crippen molar-refractivity contribution in [3.8, 4) is 0 Å². The van der Waals surface area contributed by atoms with Gasteiger partial charge in [0.05, 0.1) is 13.0 Å². The van der Waals surface area contributed by atoms with Gasteiger partial charge in [0.1, 0.15) is 5.82 Å². The number of esters is 1. The molecule has 3 nitrogen and oxygen atoms in total. The molecule has 0 N–H and O–H groups in total. The Labute approximate surface area is 102 Å². The number of rotatable bonds is 5. The fraction of sp³-hybridized carbons (Fsp3) is 0.417. The quantitative estimate of drug-likeness (QED) is 0.757. The topological polar surface area (TPSA) is 43.4 Å². The van der Waals surface area contributed by atoms with Crippen LogP contribution in [0.2, 0.25) is 0 Å². The minimum Gasteiger partial charge on any atom is -0.469 e. The van der Waals surface area contributed by atoms with Crippen LogP contribution in [0.25, 0.3) is 0 Å². The lowest BCUT2D eigenvalue weighted by Gasteiger charge is -2.08. The number of benzene rings is 1. The van der Waals surface area contributed by atoms with E-state index >= 15 is 0 Å². The summed E-state index contributed by atoms with van der Waals surface area (Å²) >= 11 is 0. The molecule has 0 aromatic heterocycles. The Bertz CT molecular complexity index is 403. The zero-order valence-electron chi connectivity index (χ0n) is 9.81. The molecule has 0 fully saturated rings. The van der Waals surface area contributed by atoms with Gasteiger partial charge in [-0.15, -0.1) is 0 Å². The van der Waals surface area contributed by atoms with Crippen molar-refractivity contribution in [2.24, 2.45) is 5.92 Å². The molecule has 0 saturated heterocycles. The van der Waals surface area contributed by atoms with Crippen molar-refractivity contribution < 1.29 is 18.1 Å². The van der Waals surface area contributed by atoms with Gasteiger partial charge in [-0.1, -0.05) is 19.1 Å². The number of methoxy groups -OCH3 is 1. The summed E-state index contributed by atoms with van der Waals surface area (Å²) in [7, 11) is 0.154. The number of carbonyl (C=O) groups is 1. The Morgan fingerprint density at radius 1 is 1.41 bits per heavy atom. The second-order valence-electron chi connectivity index (χ2n) is 3.80. The monoisotopic (exact) mass is 258 g/mol. The Balaban J connectivity index is 2.50. The van der Waals surface area contributed by atoms with Gasteiger partial charge in [0, 0.05) is 22.3 Å². The van der Waals surface area contributed by atoms with Crippen molar-refractivity contribution in [1.82, 2.24) is 0 Å². The summed E-state index contributed by atoms with van der Waals surface area (Å²) in [6, 6.07) is 5.85. The minimum absolute atomic E-state index is 0.254. The van der Waals surface area contributed by atoms with E-state index in [0.717, 1.165) is 5.56 Å². The molecule has 2 unspecified atom stereocenters. The standard InChI is InChI=1S/C12H15FO3S/c1-9(12(14)16-2)7-17(15)8-10-3-5-11(13)6-4-10/h3-6,9H,7-8H2,1-2H3. The van der Waals surface area contributed by atoms with Crippen LogP contribution >= 0.6 is 0 Å². The van der Waals surface area contributed by atoms with E-state index in [-0.39, 0.29) is 23.5 Å². The van der Waals surface area contributed by atoms with Gasteiger partial charge in [-0.3, -0.25) is 9.00 Å². The lowest BCUT2D eigenvalue weighted by atomic mass is 10.2. The third-order valence-electron chi connectivity index (χ3n) is 2.28. The van der Waals surface area contributed by atoms with Crippen molar-refractivity contribution in [2.45, 2.75) is 12.7 Å². The number of hydrogen-bond donors (Lipinski definition) is 0. The van der Waals surface area contributed by atoms with Gasteiger partial charge in [0.15, 0.2) is 0 Å². The summed E-state index contributed by atoms with van der Waals surface area (Å²) < 4.78 is 28.9. The van der Waals surface area contributed by atoms with Crippen molar-refractivity contribution >= 4 is 16.8 Å². The summed E-state index contributed by atoms with van der Waals surface area (Å²) in [5.41, 5.74) is 0.793. The van der Waals surface area contributed by atoms with E-state index in [9.17, 15) is 13.4 Å². The second kappa shape index (κ2) is 6.49. The molecule has 2 atom stereocenters. The lowest BCUT2D eigenvalue weighted by molar-refractivity contribution is -0.144.